The molecule has 2 aliphatic rings. The van der Waals surface area contributed by atoms with Gasteiger partial charge in [0.2, 0.25) is 5.91 Å². The molecule has 0 radical (unpaired) electrons. The van der Waals surface area contributed by atoms with Crippen molar-refractivity contribution in [3.8, 4) is 0 Å². The van der Waals surface area contributed by atoms with Gasteiger partial charge >= 0.3 is 0 Å². The van der Waals surface area contributed by atoms with Crippen LogP contribution in [0.25, 0.3) is 0 Å². The van der Waals surface area contributed by atoms with Crippen molar-refractivity contribution >= 4 is 5.91 Å². The third-order valence-corrected chi connectivity index (χ3v) is 4.90. The van der Waals surface area contributed by atoms with Crippen molar-refractivity contribution in [2.45, 2.75) is 77.3 Å². The lowest BCUT2D eigenvalue weighted by Gasteiger charge is -2.35. The van der Waals surface area contributed by atoms with Crippen molar-refractivity contribution in [2.75, 3.05) is 6.54 Å². The smallest absolute Gasteiger partial charge is 0.220 e. The molecule has 2 N–H and O–H groups in total. The van der Waals surface area contributed by atoms with Crippen molar-refractivity contribution in [3.05, 3.63) is 0 Å². The number of hydrogen-bond acceptors (Lipinski definition) is 2. The Balaban J connectivity index is 1.73. The number of amides is 1. The molecule has 1 aliphatic heterocycles. The van der Waals surface area contributed by atoms with E-state index in [0.717, 1.165) is 13.0 Å². The Morgan fingerprint density at radius 3 is 2.68 bits per heavy atom. The first-order chi connectivity index (χ1) is 9.16. The predicted octanol–water partition coefficient (Wildman–Crippen LogP) is 2.85. The van der Waals surface area contributed by atoms with Gasteiger partial charge in [-0.1, -0.05) is 26.7 Å². The summed E-state index contributed by atoms with van der Waals surface area (Å²) in [4.78, 5) is 12.1. The van der Waals surface area contributed by atoms with Crippen LogP contribution in [-0.4, -0.2) is 24.5 Å². The molecule has 3 atom stereocenters. The van der Waals surface area contributed by atoms with Gasteiger partial charge in [0, 0.05) is 18.5 Å². The van der Waals surface area contributed by atoms with E-state index in [2.05, 4.69) is 24.5 Å². The van der Waals surface area contributed by atoms with Crippen LogP contribution in [0.2, 0.25) is 0 Å². The Kier molecular flexibility index (Phi) is 5.68. The van der Waals surface area contributed by atoms with E-state index in [9.17, 15) is 4.79 Å². The normalized spacial score (nSPS) is 31.6. The van der Waals surface area contributed by atoms with Crippen LogP contribution >= 0.6 is 0 Å². The summed E-state index contributed by atoms with van der Waals surface area (Å²) in [6.07, 6.45) is 9.28. The number of nitrogens with one attached hydrogen (secondary N) is 2. The third kappa shape index (κ3) is 4.48. The molecule has 0 aromatic heterocycles. The van der Waals surface area contributed by atoms with E-state index in [0.29, 0.717) is 30.3 Å². The van der Waals surface area contributed by atoms with Gasteiger partial charge in [0.05, 0.1) is 0 Å². The highest BCUT2D eigenvalue weighted by Crippen LogP contribution is 2.30. The summed E-state index contributed by atoms with van der Waals surface area (Å²) in [5.41, 5.74) is 0. The molecule has 2 fully saturated rings. The highest BCUT2D eigenvalue weighted by Gasteiger charge is 2.28. The maximum absolute atomic E-state index is 12.1. The van der Waals surface area contributed by atoms with Crippen molar-refractivity contribution in [1.29, 1.82) is 0 Å². The minimum Gasteiger partial charge on any atom is -0.353 e. The van der Waals surface area contributed by atoms with E-state index in [-0.39, 0.29) is 5.91 Å². The van der Waals surface area contributed by atoms with Gasteiger partial charge in [-0.15, -0.1) is 0 Å². The maximum atomic E-state index is 12.1. The Morgan fingerprint density at radius 2 is 2.00 bits per heavy atom. The largest absolute Gasteiger partial charge is 0.353 e. The summed E-state index contributed by atoms with van der Waals surface area (Å²) in [5.74, 6) is 1.63. The predicted molar refractivity (Wildman–Crippen MR) is 79.0 cm³/mol. The van der Waals surface area contributed by atoms with Crippen LogP contribution in [0, 0.1) is 11.8 Å². The first-order valence-corrected chi connectivity index (χ1v) is 8.19. The fourth-order valence-corrected chi connectivity index (χ4v) is 3.72. The van der Waals surface area contributed by atoms with E-state index >= 15 is 0 Å². The lowest BCUT2D eigenvalue weighted by atomic mass is 9.78. The summed E-state index contributed by atoms with van der Waals surface area (Å²) in [6, 6.07) is 1.01. The van der Waals surface area contributed by atoms with E-state index in [1.165, 1.54) is 38.5 Å². The molecule has 1 aliphatic carbocycles. The van der Waals surface area contributed by atoms with Gasteiger partial charge in [-0.25, -0.2) is 0 Å². The van der Waals surface area contributed by atoms with Crippen molar-refractivity contribution in [1.82, 2.24) is 10.6 Å². The van der Waals surface area contributed by atoms with Crippen LogP contribution in [0.15, 0.2) is 0 Å². The number of carbonyl (C=O) groups is 1. The summed E-state index contributed by atoms with van der Waals surface area (Å²) >= 11 is 0. The highest BCUT2D eigenvalue weighted by atomic mass is 16.1. The zero-order valence-corrected chi connectivity index (χ0v) is 12.6. The van der Waals surface area contributed by atoms with Gasteiger partial charge in [-0.3, -0.25) is 4.79 Å². The molecule has 1 heterocycles. The fraction of sp³-hybridized carbons (Fsp3) is 0.938. The van der Waals surface area contributed by atoms with Gasteiger partial charge in [-0.2, -0.15) is 0 Å². The molecule has 3 heteroatoms. The Hall–Kier alpha value is -0.570. The van der Waals surface area contributed by atoms with Crippen LogP contribution in [-0.2, 0) is 4.79 Å². The highest BCUT2D eigenvalue weighted by molar-refractivity contribution is 5.76. The molecule has 0 spiro atoms. The van der Waals surface area contributed by atoms with Crippen LogP contribution in [0.4, 0.5) is 0 Å². The van der Waals surface area contributed by atoms with Crippen molar-refractivity contribution in [3.63, 3.8) is 0 Å². The summed E-state index contributed by atoms with van der Waals surface area (Å²) in [7, 11) is 0. The minimum absolute atomic E-state index is 0.270. The van der Waals surface area contributed by atoms with Gasteiger partial charge < -0.3 is 10.6 Å². The average molecular weight is 266 g/mol. The van der Waals surface area contributed by atoms with Crippen LogP contribution in [0.1, 0.15) is 65.2 Å². The monoisotopic (exact) mass is 266 g/mol. The van der Waals surface area contributed by atoms with Gasteiger partial charge in [0.25, 0.3) is 0 Å². The quantitative estimate of drug-likeness (QED) is 0.803. The minimum atomic E-state index is 0.270. The Labute approximate surface area is 117 Å². The number of hydrogen-bond donors (Lipinski definition) is 2. The summed E-state index contributed by atoms with van der Waals surface area (Å²) < 4.78 is 0. The molecule has 2 rings (SSSR count). The first-order valence-electron chi connectivity index (χ1n) is 8.19. The molecular formula is C16H30N2O. The van der Waals surface area contributed by atoms with E-state index in [1.807, 2.05) is 0 Å². The summed E-state index contributed by atoms with van der Waals surface area (Å²) in [6.45, 7) is 5.71. The molecule has 19 heavy (non-hydrogen) atoms. The second-order valence-corrected chi connectivity index (χ2v) is 6.70. The number of carbonyl (C=O) groups excluding carboxylic acids is 1. The molecule has 0 aromatic carbocycles. The average Bonchev–Trinajstić information content (AvgIpc) is 2.90. The standard InChI is InChI=1S/C16H30N2O/c1-12(2)14-7-3-4-8-15(14)18-16(19)10-9-13-6-5-11-17-13/h12-15,17H,3-11H2,1-2H3,(H,18,19). The molecule has 0 bridgehead atoms. The molecular weight excluding hydrogens is 236 g/mol. The molecule has 1 saturated heterocycles. The molecule has 3 nitrogen and oxygen atoms in total. The first kappa shape index (κ1) is 14.8. The van der Waals surface area contributed by atoms with Crippen molar-refractivity contribution in [2.24, 2.45) is 11.8 Å². The van der Waals surface area contributed by atoms with E-state index in [1.54, 1.807) is 0 Å². The molecule has 1 saturated carbocycles. The van der Waals surface area contributed by atoms with Gasteiger partial charge in [0.1, 0.15) is 0 Å². The second kappa shape index (κ2) is 7.28. The van der Waals surface area contributed by atoms with Crippen LogP contribution in [0.3, 0.4) is 0 Å². The van der Waals surface area contributed by atoms with Gasteiger partial charge in [-0.05, 0) is 50.5 Å². The molecule has 1 amide bonds. The van der Waals surface area contributed by atoms with E-state index < -0.39 is 0 Å². The Morgan fingerprint density at radius 1 is 1.21 bits per heavy atom. The summed E-state index contributed by atoms with van der Waals surface area (Å²) in [5, 5.41) is 6.77. The second-order valence-electron chi connectivity index (χ2n) is 6.70. The fourth-order valence-electron chi connectivity index (χ4n) is 3.72. The lowest BCUT2D eigenvalue weighted by Crippen LogP contribution is -2.44. The zero-order chi connectivity index (χ0) is 13.7. The molecule has 0 aromatic rings. The van der Waals surface area contributed by atoms with Crippen LogP contribution < -0.4 is 10.6 Å². The maximum Gasteiger partial charge on any atom is 0.220 e. The number of rotatable bonds is 5. The zero-order valence-electron chi connectivity index (χ0n) is 12.6. The Bertz CT molecular complexity index is 284. The van der Waals surface area contributed by atoms with Crippen LogP contribution in [0.5, 0.6) is 0 Å². The molecule has 3 unspecified atom stereocenters. The van der Waals surface area contributed by atoms with E-state index in [4.69, 9.17) is 0 Å². The topological polar surface area (TPSA) is 41.1 Å². The molecule has 110 valence electrons. The van der Waals surface area contributed by atoms with Crippen molar-refractivity contribution < 1.29 is 4.79 Å². The SMILES string of the molecule is CC(C)C1CCCCC1NC(=O)CCC1CCCN1. The van der Waals surface area contributed by atoms with Gasteiger partial charge in [0.15, 0.2) is 0 Å². The third-order valence-electron chi connectivity index (χ3n) is 4.90. The lowest BCUT2D eigenvalue weighted by molar-refractivity contribution is -0.122.